The number of thiophene rings is 1. The lowest BCUT2D eigenvalue weighted by Gasteiger charge is -2.35. The highest BCUT2D eigenvalue weighted by molar-refractivity contribution is 7.12. The molecular weight excluding hydrogens is 422 g/mol. The van der Waals surface area contributed by atoms with Gasteiger partial charge < -0.3 is 15.0 Å². The first-order chi connectivity index (χ1) is 15.6. The molecule has 2 amide bonds. The Morgan fingerprint density at radius 3 is 2.41 bits per heavy atom. The van der Waals surface area contributed by atoms with E-state index in [2.05, 4.69) is 22.3 Å². The third-order valence-corrected chi connectivity index (χ3v) is 6.32. The van der Waals surface area contributed by atoms with Crippen LogP contribution in [0.25, 0.3) is 0 Å². The van der Waals surface area contributed by atoms with Crippen molar-refractivity contribution in [3.05, 3.63) is 82.0 Å². The Morgan fingerprint density at radius 1 is 0.969 bits per heavy atom. The van der Waals surface area contributed by atoms with E-state index in [-0.39, 0.29) is 11.8 Å². The smallest absolute Gasteiger partial charge is 0.265 e. The molecule has 0 spiro atoms. The fourth-order valence-corrected chi connectivity index (χ4v) is 4.38. The van der Waals surface area contributed by atoms with Crippen molar-refractivity contribution in [3.8, 4) is 5.75 Å². The van der Waals surface area contributed by atoms with Crippen LogP contribution in [0.3, 0.4) is 0 Å². The minimum absolute atomic E-state index is 0.0483. The molecule has 7 heteroatoms. The third-order valence-electron chi connectivity index (χ3n) is 5.45. The van der Waals surface area contributed by atoms with Crippen molar-refractivity contribution in [3.63, 3.8) is 0 Å². The summed E-state index contributed by atoms with van der Waals surface area (Å²) < 4.78 is 5.50. The largest absolute Gasteiger partial charge is 0.494 e. The van der Waals surface area contributed by atoms with Crippen molar-refractivity contribution in [1.82, 2.24) is 9.80 Å². The number of hydrogen-bond donors (Lipinski definition) is 1. The van der Waals surface area contributed by atoms with E-state index in [9.17, 15) is 9.59 Å². The molecule has 6 nitrogen and oxygen atoms in total. The number of amides is 2. The number of carbonyl (C=O) groups excluding carboxylic acids is 2. The summed E-state index contributed by atoms with van der Waals surface area (Å²) in [6, 6.07) is 19.0. The van der Waals surface area contributed by atoms with Gasteiger partial charge in [0.1, 0.15) is 5.75 Å². The second-order valence-corrected chi connectivity index (χ2v) is 8.57. The Morgan fingerprint density at radius 2 is 1.72 bits per heavy atom. The van der Waals surface area contributed by atoms with Gasteiger partial charge in [-0.15, -0.1) is 11.3 Å². The molecular formula is C25H27N3O3S. The third kappa shape index (κ3) is 5.36. The first-order valence-corrected chi connectivity index (χ1v) is 11.7. The molecule has 0 unspecified atom stereocenters. The number of anilines is 1. The molecule has 1 aliphatic heterocycles. The van der Waals surface area contributed by atoms with Gasteiger partial charge >= 0.3 is 0 Å². The first kappa shape index (κ1) is 22.0. The summed E-state index contributed by atoms with van der Waals surface area (Å²) in [4.78, 5) is 30.5. The zero-order valence-electron chi connectivity index (χ0n) is 18.1. The fraction of sp³-hybridized carbons (Fsp3) is 0.280. The van der Waals surface area contributed by atoms with Gasteiger partial charge in [-0.25, -0.2) is 0 Å². The predicted molar refractivity (Wildman–Crippen MR) is 128 cm³/mol. The lowest BCUT2D eigenvalue weighted by molar-refractivity contribution is 0.0629. The van der Waals surface area contributed by atoms with Crippen molar-refractivity contribution in [2.45, 2.75) is 13.5 Å². The van der Waals surface area contributed by atoms with Gasteiger partial charge in [-0.3, -0.25) is 14.5 Å². The number of piperazine rings is 1. The molecule has 1 aromatic heterocycles. The summed E-state index contributed by atoms with van der Waals surface area (Å²) in [5, 5.41) is 4.75. The average Bonchev–Trinajstić information content (AvgIpc) is 3.36. The van der Waals surface area contributed by atoms with Crippen LogP contribution >= 0.6 is 11.3 Å². The van der Waals surface area contributed by atoms with Gasteiger partial charge in [0, 0.05) is 32.7 Å². The van der Waals surface area contributed by atoms with Gasteiger partial charge in [0.2, 0.25) is 0 Å². The highest BCUT2D eigenvalue weighted by Gasteiger charge is 2.24. The van der Waals surface area contributed by atoms with Gasteiger partial charge in [-0.05, 0) is 48.2 Å². The van der Waals surface area contributed by atoms with E-state index in [0.717, 1.165) is 25.4 Å². The van der Waals surface area contributed by atoms with Crippen LogP contribution < -0.4 is 10.1 Å². The highest BCUT2D eigenvalue weighted by atomic mass is 32.1. The molecule has 2 aromatic carbocycles. The zero-order valence-corrected chi connectivity index (χ0v) is 18.9. The lowest BCUT2D eigenvalue weighted by Crippen LogP contribution is -2.48. The standard InChI is InChI=1S/C25H27N3O3S/c1-2-31-20-11-9-19(10-12-20)18-27-13-15-28(16-14-27)25(30)21-6-3-4-7-22(21)26-24(29)23-8-5-17-32-23/h3-12,17H,2,13-16,18H2,1H3,(H,26,29). The van der Waals surface area contributed by atoms with Crippen molar-refractivity contribution >= 4 is 28.8 Å². The maximum atomic E-state index is 13.2. The normalized spacial score (nSPS) is 14.2. The minimum atomic E-state index is -0.194. The maximum Gasteiger partial charge on any atom is 0.265 e. The molecule has 0 atom stereocenters. The Labute approximate surface area is 192 Å². The molecule has 166 valence electrons. The minimum Gasteiger partial charge on any atom is -0.494 e. The van der Waals surface area contributed by atoms with Gasteiger partial charge in [0.25, 0.3) is 11.8 Å². The van der Waals surface area contributed by atoms with E-state index in [1.54, 1.807) is 18.2 Å². The van der Waals surface area contributed by atoms with E-state index < -0.39 is 0 Å². The Balaban J connectivity index is 1.35. The average molecular weight is 450 g/mol. The van der Waals surface area contributed by atoms with E-state index >= 15 is 0 Å². The molecule has 4 rings (SSSR count). The number of benzene rings is 2. The number of carbonyl (C=O) groups is 2. The Hall–Kier alpha value is -3.16. The molecule has 1 N–H and O–H groups in total. The molecule has 0 saturated carbocycles. The molecule has 1 aliphatic rings. The summed E-state index contributed by atoms with van der Waals surface area (Å²) >= 11 is 1.38. The topological polar surface area (TPSA) is 61.9 Å². The van der Waals surface area contributed by atoms with Crippen LogP contribution in [-0.4, -0.2) is 54.4 Å². The van der Waals surface area contributed by atoms with Crippen LogP contribution in [0.15, 0.2) is 66.0 Å². The highest BCUT2D eigenvalue weighted by Crippen LogP contribution is 2.21. The first-order valence-electron chi connectivity index (χ1n) is 10.8. The number of hydrogen-bond acceptors (Lipinski definition) is 5. The summed E-state index contributed by atoms with van der Waals surface area (Å²) in [6.45, 7) is 6.42. The van der Waals surface area contributed by atoms with Crippen LogP contribution in [0.5, 0.6) is 5.75 Å². The second-order valence-electron chi connectivity index (χ2n) is 7.62. The van der Waals surface area contributed by atoms with E-state index in [1.165, 1.54) is 16.9 Å². The zero-order chi connectivity index (χ0) is 22.3. The van der Waals surface area contributed by atoms with Gasteiger partial charge in [0.05, 0.1) is 22.7 Å². The van der Waals surface area contributed by atoms with Crippen molar-refractivity contribution in [2.24, 2.45) is 0 Å². The summed E-state index contributed by atoms with van der Waals surface area (Å²) in [5.41, 5.74) is 2.31. The predicted octanol–water partition coefficient (Wildman–Crippen LogP) is 4.36. The summed E-state index contributed by atoms with van der Waals surface area (Å²) in [7, 11) is 0. The maximum absolute atomic E-state index is 13.2. The number of rotatable bonds is 7. The van der Waals surface area contributed by atoms with Crippen LogP contribution in [0.4, 0.5) is 5.69 Å². The second kappa shape index (κ2) is 10.4. The lowest BCUT2D eigenvalue weighted by atomic mass is 10.1. The Bertz CT molecular complexity index is 1040. The monoisotopic (exact) mass is 449 g/mol. The van der Waals surface area contributed by atoms with Gasteiger partial charge in [-0.1, -0.05) is 30.3 Å². The van der Waals surface area contributed by atoms with E-state index in [0.29, 0.717) is 35.8 Å². The summed E-state index contributed by atoms with van der Waals surface area (Å²) in [5.74, 6) is 0.643. The van der Waals surface area contributed by atoms with E-state index in [1.807, 2.05) is 47.5 Å². The van der Waals surface area contributed by atoms with Crippen LogP contribution in [0.2, 0.25) is 0 Å². The molecule has 1 fully saturated rings. The molecule has 0 bridgehead atoms. The SMILES string of the molecule is CCOc1ccc(CN2CCN(C(=O)c3ccccc3NC(=O)c3cccs3)CC2)cc1. The number of ether oxygens (including phenoxy) is 1. The molecule has 0 aliphatic carbocycles. The summed E-state index contributed by atoms with van der Waals surface area (Å²) in [6.07, 6.45) is 0. The Kier molecular flexibility index (Phi) is 7.19. The fourth-order valence-electron chi connectivity index (χ4n) is 3.77. The molecule has 0 radical (unpaired) electrons. The molecule has 32 heavy (non-hydrogen) atoms. The number of para-hydroxylation sites is 1. The van der Waals surface area contributed by atoms with Gasteiger partial charge in [0.15, 0.2) is 0 Å². The quantitative estimate of drug-likeness (QED) is 0.582. The molecule has 1 saturated heterocycles. The van der Waals surface area contributed by atoms with Crippen LogP contribution in [0.1, 0.15) is 32.5 Å². The van der Waals surface area contributed by atoms with Crippen molar-refractivity contribution in [2.75, 3.05) is 38.1 Å². The molecule has 3 aromatic rings. The van der Waals surface area contributed by atoms with Crippen molar-refractivity contribution in [1.29, 1.82) is 0 Å². The van der Waals surface area contributed by atoms with Crippen molar-refractivity contribution < 1.29 is 14.3 Å². The van der Waals surface area contributed by atoms with E-state index in [4.69, 9.17) is 4.74 Å². The van der Waals surface area contributed by atoms with Crippen LogP contribution in [-0.2, 0) is 6.54 Å². The number of nitrogens with zero attached hydrogens (tertiary/aromatic N) is 2. The van der Waals surface area contributed by atoms with Gasteiger partial charge in [-0.2, -0.15) is 0 Å². The van der Waals surface area contributed by atoms with Crippen LogP contribution in [0, 0.1) is 0 Å². The number of nitrogens with one attached hydrogen (secondary N) is 1. The molecule has 2 heterocycles.